The highest BCUT2D eigenvalue weighted by molar-refractivity contribution is 5.27. The van der Waals surface area contributed by atoms with E-state index in [-0.39, 0.29) is 11.5 Å². The topological polar surface area (TPSA) is 58.2 Å². The second kappa shape index (κ2) is 7.00. The van der Waals surface area contributed by atoms with E-state index in [9.17, 15) is 13.2 Å². The van der Waals surface area contributed by atoms with Crippen LogP contribution in [0.2, 0.25) is 0 Å². The fraction of sp³-hybridized carbons (Fsp3) is 0.267. The van der Waals surface area contributed by atoms with Crippen molar-refractivity contribution in [2.24, 2.45) is 0 Å². The molecule has 0 fully saturated rings. The second-order valence-corrected chi connectivity index (χ2v) is 4.50. The van der Waals surface area contributed by atoms with Gasteiger partial charge in [0.1, 0.15) is 17.6 Å². The molecule has 116 valence electrons. The maximum Gasteiger partial charge on any atom is 0.573 e. The van der Waals surface area contributed by atoms with Crippen LogP contribution in [0.3, 0.4) is 0 Å². The Morgan fingerprint density at radius 3 is 2.45 bits per heavy atom. The zero-order valence-corrected chi connectivity index (χ0v) is 11.5. The summed E-state index contributed by atoms with van der Waals surface area (Å²) in [7, 11) is 0. The summed E-state index contributed by atoms with van der Waals surface area (Å²) in [4.78, 5) is 0. The summed E-state index contributed by atoms with van der Waals surface area (Å²) < 4.78 is 45.1. The minimum atomic E-state index is -4.67. The lowest BCUT2D eigenvalue weighted by atomic mass is 10.1. The van der Waals surface area contributed by atoms with Crippen LogP contribution in [-0.2, 0) is 13.0 Å². The highest BCUT2D eigenvalue weighted by Gasteiger charge is 2.30. The quantitative estimate of drug-likeness (QED) is 0.831. The van der Waals surface area contributed by atoms with Gasteiger partial charge in [-0.05, 0) is 42.8 Å². The number of hydrogen-bond acceptors (Lipinski definition) is 4. The van der Waals surface area contributed by atoms with E-state index < -0.39 is 6.36 Å². The first-order chi connectivity index (χ1) is 10.5. The lowest BCUT2D eigenvalue weighted by molar-refractivity contribution is -0.274. The third-order valence-corrected chi connectivity index (χ3v) is 2.82. The van der Waals surface area contributed by atoms with Crippen LogP contribution in [-0.4, -0.2) is 12.9 Å². The molecule has 1 heterocycles. The van der Waals surface area contributed by atoms with Gasteiger partial charge in [0.2, 0.25) is 5.76 Å². The minimum absolute atomic E-state index is 0.233. The van der Waals surface area contributed by atoms with Crippen LogP contribution in [0.5, 0.6) is 5.75 Å². The number of alkyl halides is 3. The van der Waals surface area contributed by atoms with Crippen molar-refractivity contribution in [1.82, 2.24) is 5.32 Å². The van der Waals surface area contributed by atoms with Crippen molar-refractivity contribution < 1.29 is 22.3 Å². The molecular formula is C15H13F3N2O2. The zero-order valence-electron chi connectivity index (χ0n) is 11.5. The number of nitriles is 1. The number of hydrogen-bond donors (Lipinski definition) is 1. The normalized spacial score (nSPS) is 11.2. The molecule has 1 aromatic carbocycles. The molecule has 4 nitrogen and oxygen atoms in total. The highest BCUT2D eigenvalue weighted by Crippen LogP contribution is 2.22. The number of nitrogens with zero attached hydrogens (tertiary/aromatic N) is 1. The van der Waals surface area contributed by atoms with E-state index in [0.717, 1.165) is 5.56 Å². The summed E-state index contributed by atoms with van der Waals surface area (Å²) in [6.07, 6.45) is -4.02. The van der Waals surface area contributed by atoms with E-state index in [0.29, 0.717) is 25.3 Å². The molecule has 0 saturated heterocycles. The van der Waals surface area contributed by atoms with E-state index in [1.807, 2.05) is 6.07 Å². The van der Waals surface area contributed by atoms with Gasteiger partial charge in [-0.15, -0.1) is 13.2 Å². The fourth-order valence-electron chi connectivity index (χ4n) is 1.84. The average Bonchev–Trinajstić information content (AvgIpc) is 2.92. The van der Waals surface area contributed by atoms with Crippen LogP contribution in [0.4, 0.5) is 13.2 Å². The maximum atomic E-state index is 12.0. The Morgan fingerprint density at radius 1 is 1.14 bits per heavy atom. The Balaban J connectivity index is 1.74. The standard InChI is InChI=1S/C15H13F3N2O2/c16-15(17,18)22-12-3-1-11(2-4-12)7-8-20-10-14-6-5-13(9-19)21-14/h1-6,20H,7-8,10H2. The third-order valence-electron chi connectivity index (χ3n) is 2.82. The molecule has 2 aromatic rings. The predicted octanol–water partition coefficient (Wildman–Crippen LogP) is 3.38. The summed E-state index contributed by atoms with van der Waals surface area (Å²) in [6.45, 7) is 1.11. The molecule has 0 unspecified atom stereocenters. The molecule has 0 aliphatic carbocycles. The van der Waals surface area contributed by atoms with Gasteiger partial charge in [0.15, 0.2) is 0 Å². The van der Waals surface area contributed by atoms with Crippen LogP contribution in [0.1, 0.15) is 17.1 Å². The zero-order chi connectivity index (χ0) is 16.0. The number of rotatable bonds is 6. The van der Waals surface area contributed by atoms with Gasteiger partial charge in [0.25, 0.3) is 0 Å². The van der Waals surface area contributed by atoms with Crippen molar-refractivity contribution in [1.29, 1.82) is 5.26 Å². The molecule has 1 aromatic heterocycles. The number of furan rings is 1. The summed E-state index contributed by atoms with van der Waals surface area (Å²) in [5.41, 5.74) is 0.888. The Morgan fingerprint density at radius 2 is 1.86 bits per heavy atom. The van der Waals surface area contributed by atoms with Crippen LogP contribution in [0.15, 0.2) is 40.8 Å². The lowest BCUT2D eigenvalue weighted by Gasteiger charge is -2.09. The van der Waals surface area contributed by atoms with Crippen LogP contribution < -0.4 is 10.1 Å². The van der Waals surface area contributed by atoms with Crippen molar-refractivity contribution in [2.45, 2.75) is 19.3 Å². The van der Waals surface area contributed by atoms with Crippen molar-refractivity contribution in [3.63, 3.8) is 0 Å². The van der Waals surface area contributed by atoms with Gasteiger partial charge < -0.3 is 14.5 Å². The smallest absolute Gasteiger partial charge is 0.449 e. The SMILES string of the molecule is N#Cc1ccc(CNCCc2ccc(OC(F)(F)F)cc2)o1. The first kappa shape index (κ1) is 15.9. The minimum Gasteiger partial charge on any atom is -0.449 e. The second-order valence-electron chi connectivity index (χ2n) is 4.50. The first-order valence-corrected chi connectivity index (χ1v) is 6.50. The van der Waals surface area contributed by atoms with Crippen molar-refractivity contribution >= 4 is 0 Å². The first-order valence-electron chi connectivity index (χ1n) is 6.50. The molecule has 0 saturated carbocycles. The number of nitrogens with one attached hydrogen (secondary N) is 1. The van der Waals surface area contributed by atoms with Crippen molar-refractivity contribution in [2.75, 3.05) is 6.54 Å². The van der Waals surface area contributed by atoms with Gasteiger partial charge in [-0.2, -0.15) is 5.26 Å². The van der Waals surface area contributed by atoms with E-state index >= 15 is 0 Å². The number of ether oxygens (including phenoxy) is 1. The molecule has 0 spiro atoms. The molecule has 0 amide bonds. The Hall–Kier alpha value is -2.46. The molecular weight excluding hydrogens is 297 g/mol. The Bertz CT molecular complexity index is 642. The van der Waals surface area contributed by atoms with Crippen LogP contribution >= 0.6 is 0 Å². The van der Waals surface area contributed by atoms with Gasteiger partial charge in [0.05, 0.1) is 6.54 Å². The number of halogens is 3. The van der Waals surface area contributed by atoms with Crippen molar-refractivity contribution in [3.05, 3.63) is 53.5 Å². The molecule has 22 heavy (non-hydrogen) atoms. The molecule has 0 atom stereocenters. The fourth-order valence-corrected chi connectivity index (χ4v) is 1.84. The number of benzene rings is 1. The Labute approximate surface area is 125 Å². The van der Waals surface area contributed by atoms with E-state index in [1.165, 1.54) is 12.1 Å². The van der Waals surface area contributed by atoms with Crippen molar-refractivity contribution in [3.8, 4) is 11.8 Å². The molecule has 0 radical (unpaired) electrons. The Kier molecular flexibility index (Phi) is 5.07. The summed E-state index contributed by atoms with van der Waals surface area (Å²) in [6, 6.07) is 11.0. The van der Waals surface area contributed by atoms with Gasteiger partial charge in [-0.3, -0.25) is 0 Å². The van der Waals surface area contributed by atoms with Gasteiger partial charge in [-0.1, -0.05) is 12.1 Å². The van der Waals surface area contributed by atoms with Gasteiger partial charge in [-0.25, -0.2) is 0 Å². The van der Waals surface area contributed by atoms with Gasteiger partial charge >= 0.3 is 6.36 Å². The highest BCUT2D eigenvalue weighted by atomic mass is 19.4. The van der Waals surface area contributed by atoms with Crippen LogP contribution in [0.25, 0.3) is 0 Å². The molecule has 1 N–H and O–H groups in total. The monoisotopic (exact) mass is 310 g/mol. The molecule has 7 heteroatoms. The average molecular weight is 310 g/mol. The maximum absolute atomic E-state index is 12.0. The van der Waals surface area contributed by atoms with Gasteiger partial charge in [0, 0.05) is 0 Å². The molecule has 0 aliphatic rings. The van der Waals surface area contributed by atoms with E-state index in [1.54, 1.807) is 24.3 Å². The molecule has 0 aliphatic heterocycles. The van der Waals surface area contributed by atoms with E-state index in [4.69, 9.17) is 9.68 Å². The summed E-state index contributed by atoms with van der Waals surface area (Å²) in [5.74, 6) is 0.686. The predicted molar refractivity (Wildman–Crippen MR) is 72.0 cm³/mol. The largest absolute Gasteiger partial charge is 0.573 e. The van der Waals surface area contributed by atoms with E-state index in [2.05, 4.69) is 10.1 Å². The molecule has 0 bridgehead atoms. The lowest BCUT2D eigenvalue weighted by Crippen LogP contribution is -2.17. The third kappa shape index (κ3) is 5.14. The summed E-state index contributed by atoms with van der Waals surface area (Å²) >= 11 is 0. The summed E-state index contributed by atoms with van der Waals surface area (Å²) in [5, 5.41) is 11.7. The molecule has 2 rings (SSSR count). The van der Waals surface area contributed by atoms with Crippen LogP contribution in [0, 0.1) is 11.3 Å².